The lowest BCUT2D eigenvalue weighted by Crippen LogP contribution is -2.47. The highest BCUT2D eigenvalue weighted by molar-refractivity contribution is 7.89. The standard InChI is InChI=1S/C15H16F2N4O2S/c16-10-5-11(17)7-15(6-10)24(22,23)20-12-1-2-13(20)9-14(8-12)21-18-3-4-19-21/h3-7,12-14H,1-2,8-9H2. The monoisotopic (exact) mass is 354 g/mol. The second-order valence-corrected chi connectivity index (χ2v) is 8.14. The first kappa shape index (κ1) is 15.6. The zero-order chi connectivity index (χ0) is 16.9. The van der Waals surface area contributed by atoms with Crippen molar-refractivity contribution in [1.29, 1.82) is 0 Å². The maximum Gasteiger partial charge on any atom is 0.243 e. The molecule has 9 heteroatoms. The van der Waals surface area contributed by atoms with Crippen molar-refractivity contribution in [2.75, 3.05) is 0 Å². The van der Waals surface area contributed by atoms with E-state index in [-0.39, 0.29) is 23.0 Å². The molecule has 0 saturated carbocycles. The highest BCUT2D eigenvalue weighted by atomic mass is 32.2. The summed E-state index contributed by atoms with van der Waals surface area (Å²) in [5.41, 5.74) is 0. The molecule has 0 spiro atoms. The number of sulfonamides is 1. The van der Waals surface area contributed by atoms with Gasteiger partial charge in [0.1, 0.15) is 11.6 Å². The van der Waals surface area contributed by atoms with Gasteiger partial charge in [-0.05, 0) is 37.8 Å². The van der Waals surface area contributed by atoms with Crippen LogP contribution >= 0.6 is 0 Å². The molecule has 3 heterocycles. The highest BCUT2D eigenvalue weighted by Gasteiger charge is 2.48. The fourth-order valence-corrected chi connectivity index (χ4v) is 5.83. The SMILES string of the molecule is O=S(=O)(c1cc(F)cc(F)c1)N1C2CCC1CC(n1nccn1)C2. The third-order valence-electron chi connectivity index (χ3n) is 4.82. The molecule has 0 amide bonds. The number of benzene rings is 1. The van der Waals surface area contributed by atoms with E-state index in [1.807, 2.05) is 0 Å². The molecule has 2 aliphatic heterocycles. The number of piperidine rings is 1. The Morgan fingerprint density at radius 2 is 1.46 bits per heavy atom. The van der Waals surface area contributed by atoms with Crippen LogP contribution in [0.2, 0.25) is 0 Å². The summed E-state index contributed by atoms with van der Waals surface area (Å²) >= 11 is 0. The molecular formula is C15H16F2N4O2S. The molecule has 128 valence electrons. The third kappa shape index (κ3) is 2.51. The van der Waals surface area contributed by atoms with Crippen LogP contribution in [0.3, 0.4) is 0 Å². The molecule has 2 atom stereocenters. The molecule has 0 N–H and O–H groups in total. The molecule has 2 fully saturated rings. The van der Waals surface area contributed by atoms with Gasteiger partial charge < -0.3 is 0 Å². The van der Waals surface area contributed by atoms with E-state index in [4.69, 9.17) is 0 Å². The third-order valence-corrected chi connectivity index (χ3v) is 6.80. The summed E-state index contributed by atoms with van der Waals surface area (Å²) in [5, 5.41) is 8.29. The van der Waals surface area contributed by atoms with Crippen LogP contribution in [0.25, 0.3) is 0 Å². The van der Waals surface area contributed by atoms with E-state index < -0.39 is 21.7 Å². The number of aromatic nitrogens is 3. The number of rotatable bonds is 3. The fraction of sp³-hybridized carbons (Fsp3) is 0.467. The van der Waals surface area contributed by atoms with Gasteiger partial charge in [0.25, 0.3) is 0 Å². The highest BCUT2D eigenvalue weighted by Crippen LogP contribution is 2.43. The largest absolute Gasteiger partial charge is 0.243 e. The van der Waals surface area contributed by atoms with Crippen LogP contribution in [0.1, 0.15) is 31.7 Å². The second kappa shape index (κ2) is 5.59. The summed E-state index contributed by atoms with van der Waals surface area (Å²) in [6.07, 6.45) is 5.87. The Bertz CT molecular complexity index is 822. The Kier molecular flexibility index (Phi) is 3.65. The van der Waals surface area contributed by atoms with Crippen molar-refractivity contribution >= 4 is 10.0 Å². The minimum absolute atomic E-state index is 0.0493. The average Bonchev–Trinajstić information content (AvgIpc) is 3.13. The van der Waals surface area contributed by atoms with E-state index in [0.29, 0.717) is 18.9 Å². The van der Waals surface area contributed by atoms with Gasteiger partial charge >= 0.3 is 0 Å². The molecule has 6 nitrogen and oxygen atoms in total. The molecule has 2 bridgehead atoms. The van der Waals surface area contributed by atoms with E-state index in [0.717, 1.165) is 25.0 Å². The first-order chi connectivity index (χ1) is 11.4. The number of nitrogens with zero attached hydrogens (tertiary/aromatic N) is 4. The molecule has 1 aromatic carbocycles. The molecule has 1 aromatic heterocycles. The van der Waals surface area contributed by atoms with Crippen LogP contribution in [0.4, 0.5) is 8.78 Å². The van der Waals surface area contributed by atoms with Crippen LogP contribution in [-0.2, 0) is 10.0 Å². The molecule has 2 aliphatic rings. The van der Waals surface area contributed by atoms with Crippen LogP contribution < -0.4 is 0 Å². The van der Waals surface area contributed by atoms with Crippen LogP contribution in [-0.4, -0.2) is 39.8 Å². The number of fused-ring (bicyclic) bond motifs is 2. The van der Waals surface area contributed by atoms with Crippen LogP contribution in [0.5, 0.6) is 0 Å². The van der Waals surface area contributed by atoms with Crippen molar-refractivity contribution < 1.29 is 17.2 Å². The molecule has 0 radical (unpaired) electrons. The van der Waals surface area contributed by atoms with Gasteiger partial charge in [-0.3, -0.25) is 0 Å². The molecule has 24 heavy (non-hydrogen) atoms. The minimum atomic E-state index is -3.93. The molecule has 4 rings (SSSR count). The van der Waals surface area contributed by atoms with Crippen molar-refractivity contribution in [2.45, 2.75) is 48.7 Å². The Labute approximate surface area is 138 Å². The molecule has 2 unspecified atom stereocenters. The number of hydrogen-bond acceptors (Lipinski definition) is 4. The number of halogens is 2. The summed E-state index contributed by atoms with van der Waals surface area (Å²) in [4.78, 5) is 1.30. The summed E-state index contributed by atoms with van der Waals surface area (Å²) in [7, 11) is -3.93. The summed E-state index contributed by atoms with van der Waals surface area (Å²) in [6.45, 7) is 0. The van der Waals surface area contributed by atoms with Gasteiger partial charge in [0.2, 0.25) is 10.0 Å². The topological polar surface area (TPSA) is 68.1 Å². The Hall–Kier alpha value is -1.87. The molecular weight excluding hydrogens is 338 g/mol. The predicted octanol–water partition coefficient (Wildman–Crippen LogP) is 2.11. The van der Waals surface area contributed by atoms with E-state index >= 15 is 0 Å². The zero-order valence-corrected chi connectivity index (χ0v) is 13.5. The zero-order valence-electron chi connectivity index (χ0n) is 12.7. The maximum absolute atomic E-state index is 13.4. The lowest BCUT2D eigenvalue weighted by Gasteiger charge is -2.37. The summed E-state index contributed by atoms with van der Waals surface area (Å²) in [6, 6.07) is 2.07. The van der Waals surface area contributed by atoms with Gasteiger partial charge in [0, 0.05) is 18.2 Å². The van der Waals surface area contributed by atoms with Crippen molar-refractivity contribution in [1.82, 2.24) is 19.3 Å². The lowest BCUT2D eigenvalue weighted by molar-refractivity contribution is 0.174. The Balaban J connectivity index is 1.65. The fourth-order valence-electron chi connectivity index (χ4n) is 3.90. The summed E-state index contributed by atoms with van der Waals surface area (Å²) in [5.74, 6) is -1.78. The first-order valence-electron chi connectivity index (χ1n) is 7.80. The normalized spacial score (nSPS) is 27.5. The smallest absolute Gasteiger partial charge is 0.207 e. The van der Waals surface area contributed by atoms with Crippen molar-refractivity contribution in [3.63, 3.8) is 0 Å². The molecule has 2 aromatic rings. The average molecular weight is 354 g/mol. The van der Waals surface area contributed by atoms with Gasteiger partial charge in [0.15, 0.2) is 0 Å². The van der Waals surface area contributed by atoms with Gasteiger partial charge in [-0.15, -0.1) is 0 Å². The number of hydrogen-bond donors (Lipinski definition) is 0. The Morgan fingerprint density at radius 3 is 2.00 bits per heavy atom. The minimum Gasteiger partial charge on any atom is -0.207 e. The second-order valence-electron chi connectivity index (χ2n) is 6.30. The van der Waals surface area contributed by atoms with E-state index in [1.54, 1.807) is 17.2 Å². The van der Waals surface area contributed by atoms with Crippen molar-refractivity contribution in [3.05, 3.63) is 42.2 Å². The van der Waals surface area contributed by atoms with Crippen LogP contribution in [0.15, 0.2) is 35.5 Å². The van der Waals surface area contributed by atoms with Crippen LogP contribution in [0, 0.1) is 11.6 Å². The first-order valence-corrected chi connectivity index (χ1v) is 9.24. The van der Waals surface area contributed by atoms with Crippen molar-refractivity contribution in [2.24, 2.45) is 0 Å². The maximum atomic E-state index is 13.4. The quantitative estimate of drug-likeness (QED) is 0.847. The Morgan fingerprint density at radius 1 is 0.917 bits per heavy atom. The van der Waals surface area contributed by atoms with E-state index in [9.17, 15) is 17.2 Å². The molecule has 2 saturated heterocycles. The van der Waals surface area contributed by atoms with E-state index in [2.05, 4.69) is 10.2 Å². The lowest BCUT2D eigenvalue weighted by atomic mass is 10.0. The van der Waals surface area contributed by atoms with Crippen molar-refractivity contribution in [3.8, 4) is 0 Å². The van der Waals surface area contributed by atoms with Gasteiger partial charge in [-0.2, -0.15) is 19.3 Å². The van der Waals surface area contributed by atoms with E-state index in [1.165, 1.54) is 4.31 Å². The van der Waals surface area contributed by atoms with Gasteiger partial charge in [-0.1, -0.05) is 0 Å². The molecule has 0 aliphatic carbocycles. The van der Waals surface area contributed by atoms with Gasteiger partial charge in [-0.25, -0.2) is 17.2 Å². The van der Waals surface area contributed by atoms with Gasteiger partial charge in [0.05, 0.1) is 23.3 Å². The predicted molar refractivity (Wildman–Crippen MR) is 80.5 cm³/mol. The summed E-state index contributed by atoms with van der Waals surface area (Å²) < 4.78 is 54.1.